The Labute approximate surface area is 68.8 Å². The molecular formula is C8H18N2O. The Morgan fingerprint density at radius 3 is 2.55 bits per heavy atom. The highest BCUT2D eigenvalue weighted by molar-refractivity contribution is 5.72. The number of carbonyl (C=O) groups excluding carboxylic acids is 1. The van der Waals surface area contributed by atoms with Crippen molar-refractivity contribution in [3.05, 3.63) is 0 Å². The fourth-order valence-corrected chi connectivity index (χ4v) is 0.706. The van der Waals surface area contributed by atoms with E-state index in [1.165, 1.54) is 0 Å². The molecule has 3 nitrogen and oxygen atoms in total. The van der Waals surface area contributed by atoms with Crippen molar-refractivity contribution in [2.45, 2.75) is 20.3 Å². The average Bonchev–Trinajstić information content (AvgIpc) is 1.97. The number of hydrogen-bond donors (Lipinski definition) is 1. The van der Waals surface area contributed by atoms with Crippen molar-refractivity contribution in [3.8, 4) is 0 Å². The Morgan fingerprint density at radius 1 is 1.45 bits per heavy atom. The van der Waals surface area contributed by atoms with Gasteiger partial charge in [-0.2, -0.15) is 0 Å². The second-order valence-corrected chi connectivity index (χ2v) is 2.69. The molecule has 0 bridgehead atoms. The van der Waals surface area contributed by atoms with Gasteiger partial charge < -0.3 is 10.2 Å². The summed E-state index contributed by atoms with van der Waals surface area (Å²) in [5.41, 5.74) is 0. The van der Waals surface area contributed by atoms with Gasteiger partial charge in [-0.1, -0.05) is 6.92 Å². The summed E-state index contributed by atoms with van der Waals surface area (Å²) in [6.45, 7) is 6.44. The highest BCUT2D eigenvalue weighted by Gasteiger charge is 1.98. The van der Waals surface area contributed by atoms with Gasteiger partial charge in [-0.05, 0) is 13.0 Å². The van der Waals surface area contributed by atoms with Gasteiger partial charge in [0.25, 0.3) is 0 Å². The molecule has 0 atom stereocenters. The minimum atomic E-state index is 0.128. The van der Waals surface area contributed by atoms with Crippen LogP contribution >= 0.6 is 0 Å². The molecule has 0 aromatic carbocycles. The molecule has 0 aromatic rings. The molecule has 0 radical (unpaired) electrons. The molecule has 0 heterocycles. The van der Waals surface area contributed by atoms with Gasteiger partial charge in [0.2, 0.25) is 5.91 Å². The van der Waals surface area contributed by atoms with E-state index >= 15 is 0 Å². The third kappa shape index (κ3) is 5.85. The third-order valence-corrected chi connectivity index (χ3v) is 1.59. The number of rotatable bonds is 5. The summed E-state index contributed by atoms with van der Waals surface area (Å²) in [6.07, 6.45) is 1.14. The molecule has 0 aliphatic carbocycles. The van der Waals surface area contributed by atoms with E-state index in [9.17, 15) is 4.79 Å². The van der Waals surface area contributed by atoms with Crippen LogP contribution in [0.1, 0.15) is 20.3 Å². The van der Waals surface area contributed by atoms with Gasteiger partial charge in [0.15, 0.2) is 0 Å². The minimum absolute atomic E-state index is 0.128. The molecule has 66 valence electrons. The second kappa shape index (κ2) is 6.16. The topological polar surface area (TPSA) is 32.3 Å². The van der Waals surface area contributed by atoms with E-state index in [0.29, 0.717) is 0 Å². The smallest absolute Gasteiger partial charge is 0.219 e. The summed E-state index contributed by atoms with van der Waals surface area (Å²) >= 11 is 0. The van der Waals surface area contributed by atoms with Crippen molar-refractivity contribution in [2.24, 2.45) is 0 Å². The lowest BCUT2D eigenvalue weighted by molar-refractivity contribution is -0.127. The van der Waals surface area contributed by atoms with Crippen LogP contribution in [-0.2, 0) is 4.79 Å². The van der Waals surface area contributed by atoms with E-state index in [1.54, 1.807) is 11.8 Å². The highest BCUT2D eigenvalue weighted by atomic mass is 16.2. The predicted octanol–water partition coefficient (Wildman–Crippen LogP) is 0.464. The zero-order valence-corrected chi connectivity index (χ0v) is 7.68. The van der Waals surface area contributed by atoms with Crippen molar-refractivity contribution < 1.29 is 4.79 Å². The molecule has 0 spiro atoms. The van der Waals surface area contributed by atoms with Crippen molar-refractivity contribution in [3.63, 3.8) is 0 Å². The first kappa shape index (κ1) is 10.4. The van der Waals surface area contributed by atoms with E-state index in [0.717, 1.165) is 26.1 Å². The fourth-order valence-electron chi connectivity index (χ4n) is 0.706. The fraction of sp³-hybridized carbons (Fsp3) is 0.875. The third-order valence-electron chi connectivity index (χ3n) is 1.59. The zero-order valence-electron chi connectivity index (χ0n) is 7.68. The van der Waals surface area contributed by atoms with Crippen molar-refractivity contribution in [1.29, 1.82) is 0 Å². The maximum absolute atomic E-state index is 10.7. The first-order valence-electron chi connectivity index (χ1n) is 4.11. The number of carbonyl (C=O) groups is 1. The maximum Gasteiger partial charge on any atom is 0.219 e. The normalized spacial score (nSPS) is 9.73. The second-order valence-electron chi connectivity index (χ2n) is 2.69. The average molecular weight is 158 g/mol. The van der Waals surface area contributed by atoms with Gasteiger partial charge in [-0.15, -0.1) is 0 Å². The van der Waals surface area contributed by atoms with Gasteiger partial charge in [0.05, 0.1) is 0 Å². The Morgan fingerprint density at radius 2 is 2.09 bits per heavy atom. The predicted molar refractivity (Wildman–Crippen MR) is 46.5 cm³/mol. The molecule has 0 aliphatic rings. The van der Waals surface area contributed by atoms with E-state index in [-0.39, 0.29) is 5.91 Å². The Bertz CT molecular complexity index is 115. The summed E-state index contributed by atoms with van der Waals surface area (Å²) in [6, 6.07) is 0. The number of nitrogens with zero attached hydrogens (tertiary/aromatic N) is 1. The molecule has 11 heavy (non-hydrogen) atoms. The summed E-state index contributed by atoms with van der Waals surface area (Å²) in [7, 11) is 1.82. The van der Waals surface area contributed by atoms with E-state index in [2.05, 4.69) is 12.2 Å². The Kier molecular flexibility index (Phi) is 5.84. The van der Waals surface area contributed by atoms with Crippen LogP contribution in [0.25, 0.3) is 0 Å². The number of amides is 1. The number of nitrogens with one attached hydrogen (secondary N) is 1. The van der Waals surface area contributed by atoms with Crippen LogP contribution < -0.4 is 5.32 Å². The molecular weight excluding hydrogens is 140 g/mol. The molecule has 1 N–H and O–H groups in total. The molecule has 0 unspecified atom stereocenters. The van der Waals surface area contributed by atoms with Gasteiger partial charge in [0.1, 0.15) is 0 Å². The monoisotopic (exact) mass is 158 g/mol. The molecule has 0 aromatic heterocycles. The molecule has 0 saturated heterocycles. The molecule has 0 saturated carbocycles. The molecule has 0 aliphatic heterocycles. The largest absolute Gasteiger partial charge is 0.345 e. The van der Waals surface area contributed by atoms with Crippen LogP contribution in [0.4, 0.5) is 0 Å². The van der Waals surface area contributed by atoms with Gasteiger partial charge in [-0.25, -0.2) is 0 Å². The number of hydrogen-bond acceptors (Lipinski definition) is 2. The zero-order chi connectivity index (χ0) is 8.69. The van der Waals surface area contributed by atoms with Crippen LogP contribution in [0.3, 0.4) is 0 Å². The van der Waals surface area contributed by atoms with Crippen LogP contribution in [0.15, 0.2) is 0 Å². The SMILES string of the molecule is CCCNCCN(C)C(C)=O. The molecule has 0 fully saturated rings. The Hall–Kier alpha value is -0.570. The van der Waals surface area contributed by atoms with Gasteiger partial charge in [0, 0.05) is 27.1 Å². The van der Waals surface area contributed by atoms with Crippen LogP contribution in [0, 0.1) is 0 Å². The lowest BCUT2D eigenvalue weighted by Gasteiger charge is -2.14. The maximum atomic E-state index is 10.7. The van der Waals surface area contributed by atoms with Gasteiger partial charge >= 0.3 is 0 Å². The van der Waals surface area contributed by atoms with Crippen LogP contribution in [0.2, 0.25) is 0 Å². The first-order chi connectivity index (χ1) is 5.18. The van der Waals surface area contributed by atoms with Crippen molar-refractivity contribution in [1.82, 2.24) is 10.2 Å². The lowest BCUT2D eigenvalue weighted by Crippen LogP contribution is -2.32. The highest BCUT2D eigenvalue weighted by Crippen LogP contribution is 1.80. The summed E-state index contributed by atoms with van der Waals surface area (Å²) in [5, 5.41) is 3.23. The molecule has 3 heteroatoms. The van der Waals surface area contributed by atoms with Crippen LogP contribution in [-0.4, -0.2) is 37.5 Å². The molecule has 1 amide bonds. The van der Waals surface area contributed by atoms with Gasteiger partial charge in [-0.3, -0.25) is 4.79 Å². The Balaban J connectivity index is 3.17. The van der Waals surface area contributed by atoms with Crippen molar-refractivity contribution in [2.75, 3.05) is 26.7 Å². The van der Waals surface area contributed by atoms with Crippen LogP contribution in [0.5, 0.6) is 0 Å². The molecule has 0 rings (SSSR count). The quantitative estimate of drug-likeness (QED) is 0.590. The van der Waals surface area contributed by atoms with E-state index in [1.807, 2.05) is 7.05 Å². The summed E-state index contributed by atoms with van der Waals surface area (Å²) in [4.78, 5) is 12.4. The summed E-state index contributed by atoms with van der Waals surface area (Å²) < 4.78 is 0. The minimum Gasteiger partial charge on any atom is -0.345 e. The standard InChI is InChI=1S/C8H18N2O/c1-4-5-9-6-7-10(3)8(2)11/h9H,4-7H2,1-3H3. The summed E-state index contributed by atoms with van der Waals surface area (Å²) in [5.74, 6) is 0.128. The van der Waals surface area contributed by atoms with Crippen molar-refractivity contribution >= 4 is 5.91 Å². The lowest BCUT2D eigenvalue weighted by atomic mass is 10.4. The first-order valence-corrected chi connectivity index (χ1v) is 4.11. The number of likely N-dealkylation sites (N-methyl/N-ethyl adjacent to an activating group) is 1. The van der Waals surface area contributed by atoms with E-state index < -0.39 is 0 Å². The van der Waals surface area contributed by atoms with E-state index in [4.69, 9.17) is 0 Å².